The van der Waals surface area contributed by atoms with Crippen molar-refractivity contribution in [3.63, 3.8) is 0 Å². The highest BCUT2D eigenvalue weighted by Gasteiger charge is 2.26. The Bertz CT molecular complexity index is 396. The molecule has 2 nitrogen and oxygen atoms in total. The highest BCUT2D eigenvalue weighted by atomic mass is 79.9. The van der Waals surface area contributed by atoms with Gasteiger partial charge in [-0.1, -0.05) is 41.6 Å². The van der Waals surface area contributed by atoms with E-state index < -0.39 is 0 Å². The predicted molar refractivity (Wildman–Crippen MR) is 78.4 cm³/mol. The van der Waals surface area contributed by atoms with Gasteiger partial charge < -0.3 is 10.5 Å². The van der Waals surface area contributed by atoms with Crippen LogP contribution in [0.4, 0.5) is 4.39 Å². The van der Waals surface area contributed by atoms with Crippen molar-refractivity contribution in [2.75, 3.05) is 6.61 Å². The lowest BCUT2D eigenvalue weighted by Gasteiger charge is -2.27. The minimum atomic E-state index is -0.245. The molecule has 0 amide bonds. The van der Waals surface area contributed by atoms with Crippen LogP contribution in [0.5, 0.6) is 0 Å². The molecule has 1 saturated carbocycles. The van der Waals surface area contributed by atoms with Crippen LogP contribution in [0.15, 0.2) is 22.7 Å². The van der Waals surface area contributed by atoms with Gasteiger partial charge in [0.1, 0.15) is 5.82 Å². The van der Waals surface area contributed by atoms with Crippen LogP contribution < -0.4 is 5.73 Å². The molecule has 0 spiro atoms. The summed E-state index contributed by atoms with van der Waals surface area (Å²) in [7, 11) is 0. The van der Waals surface area contributed by atoms with Crippen molar-refractivity contribution >= 4 is 15.9 Å². The van der Waals surface area contributed by atoms with Crippen LogP contribution in [0.25, 0.3) is 0 Å². The monoisotopic (exact) mass is 329 g/mol. The second kappa shape index (κ2) is 6.82. The average molecular weight is 330 g/mol. The first kappa shape index (κ1) is 14.9. The maximum atomic E-state index is 13.2. The fourth-order valence-corrected chi connectivity index (χ4v) is 3.16. The minimum Gasteiger partial charge on any atom is -0.375 e. The van der Waals surface area contributed by atoms with Gasteiger partial charge in [0.2, 0.25) is 0 Å². The molecule has 0 atom stereocenters. The number of hydrogen-bond acceptors (Lipinski definition) is 2. The molecule has 1 aliphatic carbocycles. The number of rotatable bonds is 4. The van der Waals surface area contributed by atoms with E-state index in [9.17, 15) is 4.39 Å². The Hall–Kier alpha value is -0.450. The molecule has 1 fully saturated rings. The fraction of sp³-hybridized carbons (Fsp3) is 0.600. The standard InChI is InChI=1S/C15H21BrFNO/c16-13-7-12(8-14(17)9-13)10-19-11-15(18)5-3-1-2-4-6-15/h7-9H,1-6,10-11,18H2. The summed E-state index contributed by atoms with van der Waals surface area (Å²) < 4.78 is 19.7. The Morgan fingerprint density at radius 2 is 1.84 bits per heavy atom. The fourth-order valence-electron chi connectivity index (χ4n) is 2.64. The summed E-state index contributed by atoms with van der Waals surface area (Å²) in [6.07, 6.45) is 6.97. The lowest BCUT2D eigenvalue weighted by atomic mass is 9.93. The lowest BCUT2D eigenvalue weighted by molar-refractivity contribution is 0.0666. The van der Waals surface area contributed by atoms with Crippen molar-refractivity contribution in [3.05, 3.63) is 34.1 Å². The van der Waals surface area contributed by atoms with Crippen molar-refractivity contribution in [1.29, 1.82) is 0 Å². The van der Waals surface area contributed by atoms with Crippen molar-refractivity contribution in [2.24, 2.45) is 5.73 Å². The Morgan fingerprint density at radius 3 is 2.47 bits per heavy atom. The van der Waals surface area contributed by atoms with Gasteiger partial charge in [-0.25, -0.2) is 4.39 Å². The summed E-state index contributed by atoms with van der Waals surface area (Å²) in [5.74, 6) is -0.245. The molecule has 0 unspecified atom stereocenters. The zero-order valence-electron chi connectivity index (χ0n) is 11.1. The van der Waals surface area contributed by atoms with Crippen LogP contribution in [-0.4, -0.2) is 12.1 Å². The van der Waals surface area contributed by atoms with Gasteiger partial charge in [-0.3, -0.25) is 0 Å². The number of nitrogens with two attached hydrogens (primary N) is 1. The van der Waals surface area contributed by atoms with Gasteiger partial charge in [0.15, 0.2) is 0 Å². The Kier molecular flexibility index (Phi) is 5.37. The molecular formula is C15H21BrFNO. The molecule has 0 aliphatic heterocycles. The van der Waals surface area contributed by atoms with Gasteiger partial charge in [-0.2, -0.15) is 0 Å². The predicted octanol–water partition coefficient (Wildman–Crippen LogP) is 4.16. The third kappa shape index (κ3) is 4.86. The number of benzene rings is 1. The Balaban J connectivity index is 1.85. The van der Waals surface area contributed by atoms with Gasteiger partial charge in [0, 0.05) is 10.0 Å². The molecule has 0 saturated heterocycles. The number of hydrogen-bond donors (Lipinski definition) is 1. The minimum absolute atomic E-state index is 0.193. The quantitative estimate of drug-likeness (QED) is 0.842. The molecule has 0 bridgehead atoms. The smallest absolute Gasteiger partial charge is 0.124 e. The van der Waals surface area contributed by atoms with Gasteiger partial charge in [-0.05, 0) is 36.6 Å². The molecule has 0 heterocycles. The summed E-state index contributed by atoms with van der Waals surface area (Å²) in [5, 5.41) is 0. The maximum absolute atomic E-state index is 13.2. The van der Waals surface area contributed by atoms with Crippen molar-refractivity contribution < 1.29 is 9.13 Å². The van der Waals surface area contributed by atoms with Crippen LogP contribution >= 0.6 is 15.9 Å². The number of halogens is 2. The molecule has 0 radical (unpaired) electrons. The summed E-state index contributed by atoms with van der Waals surface area (Å²) in [5.41, 5.74) is 7.02. The molecule has 0 aromatic heterocycles. The average Bonchev–Trinajstić information content (AvgIpc) is 2.53. The van der Waals surface area contributed by atoms with Crippen molar-refractivity contribution in [3.8, 4) is 0 Å². The van der Waals surface area contributed by atoms with Crippen LogP contribution in [0, 0.1) is 5.82 Å². The molecule has 2 N–H and O–H groups in total. The Morgan fingerprint density at radius 1 is 1.16 bits per heavy atom. The maximum Gasteiger partial charge on any atom is 0.124 e. The second-order valence-corrected chi connectivity index (χ2v) is 6.46. The Labute approximate surface area is 122 Å². The van der Waals surface area contributed by atoms with Gasteiger partial charge in [-0.15, -0.1) is 0 Å². The molecule has 106 valence electrons. The molecule has 1 aromatic carbocycles. The molecule has 4 heteroatoms. The summed E-state index contributed by atoms with van der Waals surface area (Å²) in [4.78, 5) is 0. The van der Waals surface area contributed by atoms with Gasteiger partial charge >= 0.3 is 0 Å². The summed E-state index contributed by atoms with van der Waals surface area (Å²) in [6, 6.07) is 4.82. The third-order valence-electron chi connectivity index (χ3n) is 3.68. The first-order valence-corrected chi connectivity index (χ1v) is 7.68. The van der Waals surface area contributed by atoms with E-state index in [4.69, 9.17) is 10.5 Å². The van der Waals surface area contributed by atoms with Crippen LogP contribution in [-0.2, 0) is 11.3 Å². The molecule has 2 rings (SSSR count). The summed E-state index contributed by atoms with van der Waals surface area (Å²) in [6.45, 7) is 0.969. The van der Waals surface area contributed by atoms with Crippen molar-refractivity contribution in [1.82, 2.24) is 0 Å². The third-order valence-corrected chi connectivity index (χ3v) is 4.14. The van der Waals surface area contributed by atoms with Crippen LogP contribution in [0.3, 0.4) is 0 Å². The molecular weight excluding hydrogens is 309 g/mol. The van der Waals surface area contributed by atoms with E-state index in [1.807, 2.05) is 6.07 Å². The zero-order valence-corrected chi connectivity index (χ0v) is 12.7. The number of ether oxygens (including phenoxy) is 1. The highest BCUT2D eigenvalue weighted by Crippen LogP contribution is 2.25. The summed E-state index contributed by atoms with van der Waals surface area (Å²) >= 11 is 3.28. The van der Waals surface area contributed by atoms with E-state index in [0.717, 1.165) is 22.9 Å². The van der Waals surface area contributed by atoms with E-state index in [0.29, 0.717) is 13.2 Å². The normalized spacial score (nSPS) is 19.1. The topological polar surface area (TPSA) is 35.2 Å². The van der Waals surface area contributed by atoms with E-state index in [2.05, 4.69) is 15.9 Å². The van der Waals surface area contributed by atoms with Crippen LogP contribution in [0.2, 0.25) is 0 Å². The first-order valence-electron chi connectivity index (χ1n) is 6.89. The largest absolute Gasteiger partial charge is 0.375 e. The van der Waals surface area contributed by atoms with Crippen molar-refractivity contribution in [2.45, 2.75) is 50.7 Å². The molecule has 19 heavy (non-hydrogen) atoms. The second-order valence-electron chi connectivity index (χ2n) is 5.55. The highest BCUT2D eigenvalue weighted by molar-refractivity contribution is 9.10. The van der Waals surface area contributed by atoms with Gasteiger partial charge in [0.25, 0.3) is 0 Å². The van der Waals surface area contributed by atoms with E-state index in [1.54, 1.807) is 0 Å². The SMILES string of the molecule is NC1(COCc2cc(F)cc(Br)c2)CCCCCC1. The lowest BCUT2D eigenvalue weighted by Crippen LogP contribution is -2.43. The molecule has 1 aromatic rings. The zero-order chi connectivity index (χ0) is 13.7. The molecule has 1 aliphatic rings. The van der Waals surface area contributed by atoms with E-state index >= 15 is 0 Å². The van der Waals surface area contributed by atoms with Gasteiger partial charge in [0.05, 0.1) is 13.2 Å². The van der Waals surface area contributed by atoms with E-state index in [1.165, 1.54) is 37.8 Å². The van der Waals surface area contributed by atoms with E-state index in [-0.39, 0.29) is 11.4 Å². The van der Waals surface area contributed by atoms with Crippen LogP contribution in [0.1, 0.15) is 44.1 Å². The first-order chi connectivity index (χ1) is 9.07.